The summed E-state index contributed by atoms with van der Waals surface area (Å²) in [5.74, 6) is -0.744. The van der Waals surface area contributed by atoms with Gasteiger partial charge in [-0.15, -0.1) is 0 Å². The molecule has 9 nitrogen and oxygen atoms in total. The van der Waals surface area contributed by atoms with Gasteiger partial charge in [-0.3, -0.25) is 13.9 Å². The molecule has 0 heterocycles. The monoisotopic (exact) mass is 633 g/mol. The van der Waals surface area contributed by atoms with Crippen LogP contribution in [0.15, 0.2) is 71.6 Å². The molecule has 1 unspecified atom stereocenters. The summed E-state index contributed by atoms with van der Waals surface area (Å²) in [7, 11) is -1.53. The summed E-state index contributed by atoms with van der Waals surface area (Å²) in [6, 6.07) is 14.8. The van der Waals surface area contributed by atoms with E-state index in [1.54, 1.807) is 6.92 Å². The van der Waals surface area contributed by atoms with Crippen molar-refractivity contribution in [1.82, 2.24) is 10.2 Å². The van der Waals surface area contributed by atoms with Crippen molar-refractivity contribution in [1.29, 1.82) is 0 Å². The number of nitrogens with one attached hydrogen (secondary N) is 1. The van der Waals surface area contributed by atoms with Crippen molar-refractivity contribution in [2.75, 3.05) is 31.6 Å². The summed E-state index contributed by atoms with van der Waals surface area (Å²) in [5.41, 5.74) is 0.761. The molecular weight excluding hydrogens is 597 g/mol. The molecule has 232 valence electrons. The zero-order valence-electron chi connectivity index (χ0n) is 24.8. The predicted octanol–water partition coefficient (Wildman–Crippen LogP) is 5.27. The molecule has 12 heteroatoms. The van der Waals surface area contributed by atoms with Crippen LogP contribution in [0.2, 0.25) is 5.02 Å². The molecule has 43 heavy (non-hydrogen) atoms. The fraction of sp³-hybridized carbons (Fsp3) is 0.355. The second-order valence-corrected chi connectivity index (χ2v) is 12.5. The zero-order chi connectivity index (χ0) is 31.7. The van der Waals surface area contributed by atoms with E-state index in [9.17, 15) is 22.4 Å². The number of nitrogens with zero attached hydrogens (tertiary/aromatic N) is 2. The number of carbonyl (C=O) groups is 2. The second-order valence-electron chi connectivity index (χ2n) is 10.2. The number of rotatable bonds is 14. The first-order valence-corrected chi connectivity index (χ1v) is 15.5. The Hall–Kier alpha value is -3.83. The molecule has 0 bridgehead atoms. The van der Waals surface area contributed by atoms with Crippen molar-refractivity contribution >= 4 is 39.1 Å². The number of ether oxygens (including phenoxy) is 2. The highest BCUT2D eigenvalue weighted by molar-refractivity contribution is 7.92. The molecule has 3 aromatic carbocycles. The van der Waals surface area contributed by atoms with E-state index in [0.717, 1.165) is 4.31 Å². The van der Waals surface area contributed by atoms with Crippen LogP contribution >= 0.6 is 11.6 Å². The van der Waals surface area contributed by atoms with Gasteiger partial charge in [-0.25, -0.2) is 12.8 Å². The minimum atomic E-state index is -4.35. The van der Waals surface area contributed by atoms with Crippen molar-refractivity contribution in [2.24, 2.45) is 5.92 Å². The third-order valence-corrected chi connectivity index (χ3v) is 8.69. The van der Waals surface area contributed by atoms with Crippen molar-refractivity contribution in [3.63, 3.8) is 0 Å². The molecule has 0 radical (unpaired) electrons. The Morgan fingerprint density at radius 1 is 0.953 bits per heavy atom. The lowest BCUT2D eigenvalue weighted by Crippen LogP contribution is -2.52. The fourth-order valence-electron chi connectivity index (χ4n) is 4.37. The molecule has 1 atom stereocenters. The first-order chi connectivity index (χ1) is 20.4. The van der Waals surface area contributed by atoms with Gasteiger partial charge in [-0.1, -0.05) is 44.5 Å². The Morgan fingerprint density at radius 2 is 1.58 bits per heavy atom. The Balaban J connectivity index is 2.08. The third kappa shape index (κ3) is 8.61. The van der Waals surface area contributed by atoms with Gasteiger partial charge in [0.25, 0.3) is 10.0 Å². The Morgan fingerprint density at radius 3 is 2.14 bits per heavy atom. The molecule has 3 aromatic rings. The lowest BCUT2D eigenvalue weighted by molar-refractivity contribution is -0.140. The van der Waals surface area contributed by atoms with E-state index in [-0.39, 0.29) is 41.1 Å². The first-order valence-electron chi connectivity index (χ1n) is 13.7. The fourth-order valence-corrected chi connectivity index (χ4v) is 5.92. The van der Waals surface area contributed by atoms with Crippen molar-refractivity contribution in [2.45, 2.75) is 44.7 Å². The average molecular weight is 634 g/mol. The maximum absolute atomic E-state index is 14.1. The predicted molar refractivity (Wildman–Crippen MR) is 164 cm³/mol. The smallest absolute Gasteiger partial charge is 0.264 e. The summed E-state index contributed by atoms with van der Waals surface area (Å²) in [6.45, 7) is 5.39. The van der Waals surface area contributed by atoms with Gasteiger partial charge >= 0.3 is 0 Å². The molecule has 0 aromatic heterocycles. The topological polar surface area (TPSA) is 105 Å². The van der Waals surface area contributed by atoms with Crippen LogP contribution in [0.5, 0.6) is 11.5 Å². The maximum Gasteiger partial charge on any atom is 0.264 e. The molecule has 0 saturated carbocycles. The quantitative estimate of drug-likeness (QED) is 0.259. The lowest BCUT2D eigenvalue weighted by atomic mass is 10.1. The van der Waals surface area contributed by atoms with Gasteiger partial charge in [0.05, 0.1) is 24.8 Å². The third-order valence-electron chi connectivity index (χ3n) is 6.67. The van der Waals surface area contributed by atoms with Crippen LogP contribution in [0, 0.1) is 11.7 Å². The molecule has 1 N–H and O–H groups in total. The van der Waals surface area contributed by atoms with E-state index in [0.29, 0.717) is 22.9 Å². The summed E-state index contributed by atoms with van der Waals surface area (Å²) in [5, 5.41) is 3.25. The molecule has 0 spiro atoms. The summed E-state index contributed by atoms with van der Waals surface area (Å²) < 4.78 is 53.4. The van der Waals surface area contributed by atoms with E-state index < -0.39 is 34.3 Å². The highest BCUT2D eigenvalue weighted by Gasteiger charge is 2.34. The van der Waals surface area contributed by atoms with Crippen LogP contribution in [-0.2, 0) is 26.2 Å². The normalized spacial score (nSPS) is 12.0. The molecule has 0 aliphatic carbocycles. The van der Waals surface area contributed by atoms with Gasteiger partial charge in [0.2, 0.25) is 11.8 Å². The molecule has 0 aliphatic heterocycles. The number of methoxy groups -OCH3 is 2. The summed E-state index contributed by atoms with van der Waals surface area (Å²) in [6.07, 6.45) is 0.264. The molecule has 0 saturated heterocycles. The Kier molecular flexibility index (Phi) is 11.8. The standard InChI is InChI=1S/C31H37ClFN3O6S/c1-6-27(31(38)34-18-21(2)3)35(19-22-7-11-24(33)12-8-22)30(37)20-36(25-13-9-23(32)10-14-25)43(39,40)26-15-16-28(41-4)29(17-26)42-5/h7-17,21,27H,6,18-20H2,1-5H3,(H,34,38). The van der Waals surface area contributed by atoms with E-state index in [2.05, 4.69) is 5.32 Å². The van der Waals surface area contributed by atoms with E-state index >= 15 is 0 Å². The summed E-state index contributed by atoms with van der Waals surface area (Å²) >= 11 is 6.08. The minimum Gasteiger partial charge on any atom is -0.493 e. The average Bonchev–Trinajstić information content (AvgIpc) is 2.99. The van der Waals surface area contributed by atoms with Gasteiger partial charge in [0.15, 0.2) is 11.5 Å². The molecule has 3 rings (SSSR count). The molecule has 2 amide bonds. The number of sulfonamides is 1. The number of halogens is 2. The van der Waals surface area contributed by atoms with Crippen molar-refractivity contribution in [3.8, 4) is 11.5 Å². The van der Waals surface area contributed by atoms with E-state index in [1.165, 1.54) is 85.8 Å². The van der Waals surface area contributed by atoms with E-state index in [4.69, 9.17) is 21.1 Å². The van der Waals surface area contributed by atoms with E-state index in [1.807, 2.05) is 13.8 Å². The summed E-state index contributed by atoms with van der Waals surface area (Å²) in [4.78, 5) is 28.6. The molecular formula is C31H37ClFN3O6S. The van der Waals surface area contributed by atoms with Gasteiger partial charge in [-0.05, 0) is 66.4 Å². The zero-order valence-corrected chi connectivity index (χ0v) is 26.4. The number of benzene rings is 3. The molecule has 0 fully saturated rings. The van der Waals surface area contributed by atoms with Crippen LogP contribution in [-0.4, -0.2) is 58.5 Å². The van der Waals surface area contributed by atoms with Crippen LogP contribution < -0.4 is 19.1 Å². The van der Waals surface area contributed by atoms with Crippen LogP contribution in [0.4, 0.5) is 10.1 Å². The number of carbonyl (C=O) groups excluding carboxylic acids is 2. The number of anilines is 1. The van der Waals surface area contributed by atoms with Gasteiger partial charge in [0.1, 0.15) is 18.4 Å². The minimum absolute atomic E-state index is 0.0441. The van der Waals surface area contributed by atoms with Crippen LogP contribution in [0.1, 0.15) is 32.8 Å². The number of hydrogen-bond donors (Lipinski definition) is 1. The van der Waals surface area contributed by atoms with Crippen molar-refractivity contribution in [3.05, 3.63) is 83.1 Å². The highest BCUT2D eigenvalue weighted by Crippen LogP contribution is 2.32. The second kappa shape index (κ2) is 15.1. The Bertz CT molecular complexity index is 1500. The number of hydrogen-bond acceptors (Lipinski definition) is 6. The lowest BCUT2D eigenvalue weighted by Gasteiger charge is -2.33. The maximum atomic E-state index is 14.1. The SMILES string of the molecule is CCC(C(=O)NCC(C)C)N(Cc1ccc(F)cc1)C(=O)CN(c1ccc(Cl)cc1)S(=O)(=O)c1ccc(OC)c(OC)c1. The largest absolute Gasteiger partial charge is 0.493 e. The first kappa shape index (κ1) is 33.7. The highest BCUT2D eigenvalue weighted by atomic mass is 35.5. The Labute approximate surface area is 257 Å². The van der Waals surface area contributed by atoms with Crippen LogP contribution in [0.25, 0.3) is 0 Å². The van der Waals surface area contributed by atoms with Gasteiger partial charge in [-0.2, -0.15) is 0 Å². The van der Waals surface area contributed by atoms with Crippen LogP contribution in [0.3, 0.4) is 0 Å². The van der Waals surface area contributed by atoms with Gasteiger partial charge in [0, 0.05) is 24.2 Å². The molecule has 0 aliphatic rings. The number of amides is 2. The van der Waals surface area contributed by atoms with Crippen molar-refractivity contribution < 1.29 is 31.9 Å². The van der Waals surface area contributed by atoms with Gasteiger partial charge < -0.3 is 19.7 Å².